The number of amides is 1. The van der Waals surface area contributed by atoms with Gasteiger partial charge in [0.2, 0.25) is 5.91 Å². The van der Waals surface area contributed by atoms with Crippen molar-refractivity contribution in [2.75, 3.05) is 11.9 Å². The Bertz CT molecular complexity index is 516. The highest BCUT2D eigenvalue weighted by Crippen LogP contribution is 2.14. The van der Waals surface area contributed by atoms with Crippen LogP contribution in [-0.4, -0.2) is 28.3 Å². The predicted molar refractivity (Wildman–Crippen MR) is 80.2 cm³/mol. The maximum Gasteiger partial charge on any atom is 0.287 e. The van der Waals surface area contributed by atoms with Gasteiger partial charge in [-0.1, -0.05) is 18.5 Å². The lowest BCUT2D eigenvalue weighted by atomic mass is 10.2. The van der Waals surface area contributed by atoms with Gasteiger partial charge in [-0.2, -0.15) is 5.10 Å². The van der Waals surface area contributed by atoms with Crippen molar-refractivity contribution in [2.24, 2.45) is 0 Å². The van der Waals surface area contributed by atoms with Crippen LogP contribution in [0.5, 0.6) is 0 Å². The molecule has 0 fully saturated rings. The summed E-state index contributed by atoms with van der Waals surface area (Å²) in [5.41, 5.74) is 0.126. The van der Waals surface area contributed by atoms with Gasteiger partial charge in [-0.25, -0.2) is 4.68 Å². The third-order valence-corrected chi connectivity index (χ3v) is 3.34. The molecule has 0 aliphatic carbocycles. The van der Waals surface area contributed by atoms with E-state index in [-0.39, 0.29) is 22.5 Å². The molecule has 1 atom stereocenters. The number of halogens is 1. The second-order valence-electron chi connectivity index (χ2n) is 4.55. The molecule has 0 saturated carbocycles. The van der Waals surface area contributed by atoms with E-state index in [2.05, 4.69) is 15.7 Å². The Morgan fingerprint density at radius 2 is 2.20 bits per heavy atom. The van der Waals surface area contributed by atoms with Gasteiger partial charge in [-0.3, -0.25) is 9.59 Å². The summed E-state index contributed by atoms with van der Waals surface area (Å²) >= 11 is 5.96. The molecular weight excluding hydrogens is 280 g/mol. The number of aromatic nitrogens is 2. The third-order valence-electron chi connectivity index (χ3n) is 2.97. The molecule has 0 aromatic carbocycles. The highest BCUT2D eigenvalue weighted by atomic mass is 35.5. The molecule has 2 N–H and O–H groups in total. The minimum absolute atomic E-state index is 0.0298. The van der Waals surface area contributed by atoms with Gasteiger partial charge >= 0.3 is 0 Å². The number of nitrogens with one attached hydrogen (secondary N) is 2. The zero-order valence-corrected chi connectivity index (χ0v) is 12.8. The van der Waals surface area contributed by atoms with E-state index in [0.717, 1.165) is 6.42 Å². The monoisotopic (exact) mass is 300 g/mol. The molecule has 1 amide bonds. The van der Waals surface area contributed by atoms with Gasteiger partial charge in [0.25, 0.3) is 5.56 Å². The summed E-state index contributed by atoms with van der Waals surface area (Å²) in [7, 11) is 0. The Hall–Kier alpha value is -1.56. The maximum absolute atomic E-state index is 11.8. The van der Waals surface area contributed by atoms with Crippen LogP contribution >= 0.6 is 11.6 Å². The number of aryl methyl sites for hydroxylation is 1. The zero-order chi connectivity index (χ0) is 15.1. The van der Waals surface area contributed by atoms with E-state index in [0.29, 0.717) is 25.2 Å². The van der Waals surface area contributed by atoms with E-state index in [1.807, 2.05) is 20.8 Å². The van der Waals surface area contributed by atoms with Crippen molar-refractivity contribution in [3.8, 4) is 0 Å². The number of nitrogens with zero attached hydrogens (tertiary/aromatic N) is 2. The normalized spacial score (nSPS) is 12.0. The molecule has 0 aliphatic heterocycles. The molecule has 1 rings (SSSR count). The molecule has 112 valence electrons. The predicted octanol–water partition coefficient (Wildman–Crippen LogP) is 1.63. The number of rotatable bonds is 7. The highest BCUT2D eigenvalue weighted by Gasteiger charge is 2.09. The molecule has 7 heteroatoms. The van der Waals surface area contributed by atoms with E-state index < -0.39 is 0 Å². The lowest BCUT2D eigenvalue weighted by molar-refractivity contribution is -0.121. The van der Waals surface area contributed by atoms with Gasteiger partial charge in [0.15, 0.2) is 0 Å². The third kappa shape index (κ3) is 4.52. The first kappa shape index (κ1) is 16.5. The van der Waals surface area contributed by atoms with Crippen LogP contribution in [0.1, 0.15) is 33.6 Å². The molecule has 0 spiro atoms. The second kappa shape index (κ2) is 7.89. The first-order valence-electron chi connectivity index (χ1n) is 6.78. The van der Waals surface area contributed by atoms with Crippen molar-refractivity contribution in [3.05, 3.63) is 21.6 Å². The van der Waals surface area contributed by atoms with Crippen molar-refractivity contribution in [1.82, 2.24) is 15.1 Å². The molecule has 1 aromatic rings. The van der Waals surface area contributed by atoms with Gasteiger partial charge in [0.1, 0.15) is 5.02 Å². The number of anilines is 1. The smallest absolute Gasteiger partial charge is 0.287 e. The Morgan fingerprint density at radius 1 is 1.50 bits per heavy atom. The molecule has 20 heavy (non-hydrogen) atoms. The van der Waals surface area contributed by atoms with Crippen LogP contribution in [0.4, 0.5) is 5.69 Å². The standard InChI is InChI=1S/C13H21ClN4O2/c1-4-9(3)17-11(19)6-7-15-10-8-16-18(5-2)13(20)12(10)14/h8-9,15H,4-7H2,1-3H3,(H,17,19). The number of hydrogen-bond acceptors (Lipinski definition) is 4. The van der Waals surface area contributed by atoms with Crippen LogP contribution in [0.15, 0.2) is 11.0 Å². The summed E-state index contributed by atoms with van der Waals surface area (Å²) in [5, 5.41) is 9.90. The number of carbonyl (C=O) groups excluding carboxylic acids is 1. The first-order chi connectivity index (χ1) is 9.49. The summed E-state index contributed by atoms with van der Waals surface area (Å²) in [6.45, 7) is 6.65. The number of hydrogen-bond donors (Lipinski definition) is 2. The molecule has 1 unspecified atom stereocenters. The summed E-state index contributed by atoms with van der Waals surface area (Å²) in [5.74, 6) is -0.0298. The molecule has 1 heterocycles. The maximum atomic E-state index is 11.8. The summed E-state index contributed by atoms with van der Waals surface area (Å²) in [4.78, 5) is 23.3. The average molecular weight is 301 g/mol. The van der Waals surface area contributed by atoms with Crippen molar-refractivity contribution >= 4 is 23.2 Å². The second-order valence-corrected chi connectivity index (χ2v) is 4.92. The average Bonchev–Trinajstić information content (AvgIpc) is 2.43. The van der Waals surface area contributed by atoms with Crippen LogP contribution in [0, 0.1) is 0 Å². The quantitative estimate of drug-likeness (QED) is 0.802. The fourth-order valence-corrected chi connectivity index (χ4v) is 1.79. The Morgan fingerprint density at radius 3 is 2.80 bits per heavy atom. The molecular formula is C13H21ClN4O2. The van der Waals surface area contributed by atoms with Crippen molar-refractivity contribution < 1.29 is 4.79 Å². The Kier molecular flexibility index (Phi) is 6.51. The largest absolute Gasteiger partial charge is 0.382 e. The van der Waals surface area contributed by atoms with Crippen LogP contribution in [0.2, 0.25) is 5.02 Å². The minimum Gasteiger partial charge on any atom is -0.382 e. The van der Waals surface area contributed by atoms with Gasteiger partial charge in [0, 0.05) is 25.6 Å². The fourth-order valence-electron chi connectivity index (χ4n) is 1.57. The molecule has 0 bridgehead atoms. The molecule has 0 saturated heterocycles. The van der Waals surface area contributed by atoms with Crippen LogP contribution in [0.25, 0.3) is 0 Å². The van der Waals surface area contributed by atoms with E-state index in [9.17, 15) is 9.59 Å². The summed E-state index contributed by atoms with van der Waals surface area (Å²) in [6.07, 6.45) is 2.71. The molecule has 6 nitrogen and oxygen atoms in total. The molecule has 0 aliphatic rings. The van der Waals surface area contributed by atoms with E-state index in [4.69, 9.17) is 11.6 Å². The molecule has 0 radical (unpaired) electrons. The summed E-state index contributed by atoms with van der Waals surface area (Å²) < 4.78 is 1.28. The van der Waals surface area contributed by atoms with E-state index >= 15 is 0 Å². The van der Waals surface area contributed by atoms with Crippen molar-refractivity contribution in [3.63, 3.8) is 0 Å². The highest BCUT2D eigenvalue weighted by molar-refractivity contribution is 6.32. The van der Waals surface area contributed by atoms with Crippen molar-refractivity contribution in [2.45, 2.75) is 46.2 Å². The van der Waals surface area contributed by atoms with Crippen LogP contribution in [0.3, 0.4) is 0 Å². The lowest BCUT2D eigenvalue weighted by Crippen LogP contribution is -2.33. The van der Waals surface area contributed by atoms with Gasteiger partial charge in [-0.05, 0) is 20.3 Å². The SMILES string of the molecule is CCC(C)NC(=O)CCNc1cnn(CC)c(=O)c1Cl. The van der Waals surface area contributed by atoms with Crippen LogP contribution in [-0.2, 0) is 11.3 Å². The number of carbonyl (C=O) groups is 1. The Balaban J connectivity index is 2.53. The first-order valence-corrected chi connectivity index (χ1v) is 7.16. The topological polar surface area (TPSA) is 76.0 Å². The van der Waals surface area contributed by atoms with Crippen LogP contribution < -0.4 is 16.2 Å². The fraction of sp³-hybridized carbons (Fsp3) is 0.615. The summed E-state index contributed by atoms with van der Waals surface area (Å²) in [6, 6.07) is 0.168. The minimum atomic E-state index is -0.330. The van der Waals surface area contributed by atoms with E-state index in [1.54, 1.807) is 0 Å². The molecule has 1 aromatic heterocycles. The lowest BCUT2D eigenvalue weighted by Gasteiger charge is -2.12. The van der Waals surface area contributed by atoms with Gasteiger partial charge in [0.05, 0.1) is 11.9 Å². The van der Waals surface area contributed by atoms with Gasteiger partial charge < -0.3 is 10.6 Å². The Labute approximate surface area is 123 Å². The van der Waals surface area contributed by atoms with Crippen molar-refractivity contribution in [1.29, 1.82) is 0 Å². The van der Waals surface area contributed by atoms with E-state index in [1.165, 1.54) is 10.9 Å². The van der Waals surface area contributed by atoms with Gasteiger partial charge in [-0.15, -0.1) is 0 Å². The zero-order valence-electron chi connectivity index (χ0n) is 12.1.